The molecule has 0 spiro atoms. The lowest BCUT2D eigenvalue weighted by atomic mass is 10.1. The summed E-state index contributed by atoms with van der Waals surface area (Å²) in [6, 6.07) is 9.06. The summed E-state index contributed by atoms with van der Waals surface area (Å²) in [5.41, 5.74) is 7.80. The Kier molecular flexibility index (Phi) is 4.53. The van der Waals surface area contributed by atoms with Crippen LogP contribution in [0.5, 0.6) is 0 Å². The average Bonchev–Trinajstić information content (AvgIpc) is 2.81. The molecule has 6 nitrogen and oxygen atoms in total. The second-order valence-electron chi connectivity index (χ2n) is 4.48. The average molecular weight is 295 g/mol. The SMILES string of the molecule is Cc1cc(CS(=O)(=O)NCc2ccccc2CN)no1. The first-order valence-electron chi connectivity index (χ1n) is 6.16. The van der Waals surface area contributed by atoms with E-state index in [1.54, 1.807) is 13.0 Å². The molecule has 0 unspecified atom stereocenters. The highest BCUT2D eigenvalue weighted by atomic mass is 32.2. The molecule has 0 atom stereocenters. The van der Waals surface area contributed by atoms with Crippen LogP contribution in [0.1, 0.15) is 22.6 Å². The van der Waals surface area contributed by atoms with E-state index >= 15 is 0 Å². The molecule has 0 saturated carbocycles. The van der Waals surface area contributed by atoms with Crippen molar-refractivity contribution in [3.8, 4) is 0 Å². The van der Waals surface area contributed by atoms with Crippen molar-refractivity contribution in [2.45, 2.75) is 25.8 Å². The van der Waals surface area contributed by atoms with Gasteiger partial charge in [0.15, 0.2) is 0 Å². The third kappa shape index (κ3) is 3.89. The highest BCUT2D eigenvalue weighted by Gasteiger charge is 2.14. The molecule has 1 aromatic heterocycles. The Morgan fingerprint density at radius 1 is 1.30 bits per heavy atom. The Morgan fingerprint density at radius 2 is 2.00 bits per heavy atom. The molecule has 3 N–H and O–H groups in total. The first-order valence-corrected chi connectivity index (χ1v) is 7.82. The second kappa shape index (κ2) is 6.17. The van der Waals surface area contributed by atoms with E-state index in [-0.39, 0.29) is 12.3 Å². The molecule has 0 saturated heterocycles. The fourth-order valence-corrected chi connectivity index (χ4v) is 2.85. The summed E-state index contributed by atoms with van der Waals surface area (Å²) in [5.74, 6) is 0.387. The molecule has 0 aliphatic rings. The van der Waals surface area contributed by atoms with Crippen LogP contribution in [-0.4, -0.2) is 13.6 Å². The van der Waals surface area contributed by atoms with Gasteiger partial charge in [-0.2, -0.15) is 0 Å². The zero-order valence-corrected chi connectivity index (χ0v) is 12.0. The van der Waals surface area contributed by atoms with Crippen molar-refractivity contribution < 1.29 is 12.9 Å². The molecule has 7 heteroatoms. The third-order valence-electron chi connectivity index (χ3n) is 2.84. The van der Waals surface area contributed by atoms with Gasteiger partial charge in [-0.25, -0.2) is 13.1 Å². The van der Waals surface area contributed by atoms with Gasteiger partial charge >= 0.3 is 0 Å². The number of hydrogen-bond acceptors (Lipinski definition) is 5. The van der Waals surface area contributed by atoms with Gasteiger partial charge in [0.25, 0.3) is 0 Å². The minimum absolute atomic E-state index is 0.199. The van der Waals surface area contributed by atoms with Gasteiger partial charge in [-0.3, -0.25) is 0 Å². The van der Waals surface area contributed by atoms with Gasteiger partial charge in [0.2, 0.25) is 10.0 Å². The number of nitrogens with two attached hydrogens (primary N) is 1. The number of rotatable bonds is 6. The minimum Gasteiger partial charge on any atom is -0.361 e. The molecule has 0 radical (unpaired) electrons. The maximum atomic E-state index is 12.0. The van der Waals surface area contributed by atoms with E-state index in [2.05, 4.69) is 9.88 Å². The topological polar surface area (TPSA) is 98.2 Å². The van der Waals surface area contributed by atoms with Crippen molar-refractivity contribution in [3.63, 3.8) is 0 Å². The van der Waals surface area contributed by atoms with E-state index < -0.39 is 10.0 Å². The van der Waals surface area contributed by atoms with Gasteiger partial charge in [0, 0.05) is 19.2 Å². The molecule has 20 heavy (non-hydrogen) atoms. The van der Waals surface area contributed by atoms with Crippen LogP contribution in [0.2, 0.25) is 0 Å². The molecule has 0 bridgehead atoms. The predicted molar refractivity (Wildman–Crippen MR) is 75.0 cm³/mol. The van der Waals surface area contributed by atoms with E-state index in [1.165, 1.54) is 0 Å². The van der Waals surface area contributed by atoms with Crippen LogP contribution in [0.15, 0.2) is 34.9 Å². The van der Waals surface area contributed by atoms with Crippen LogP contribution in [-0.2, 0) is 28.9 Å². The predicted octanol–water partition coefficient (Wildman–Crippen LogP) is 1.06. The van der Waals surface area contributed by atoms with E-state index in [4.69, 9.17) is 10.3 Å². The normalized spacial score (nSPS) is 11.7. The Morgan fingerprint density at radius 3 is 2.60 bits per heavy atom. The largest absolute Gasteiger partial charge is 0.361 e. The summed E-state index contributed by atoms with van der Waals surface area (Å²) in [6.45, 7) is 2.31. The minimum atomic E-state index is -3.46. The molecule has 0 amide bonds. The monoisotopic (exact) mass is 295 g/mol. The van der Waals surface area contributed by atoms with Gasteiger partial charge < -0.3 is 10.3 Å². The molecule has 0 aliphatic carbocycles. The third-order valence-corrected chi connectivity index (χ3v) is 4.10. The van der Waals surface area contributed by atoms with Crippen molar-refractivity contribution >= 4 is 10.0 Å². The molecule has 2 rings (SSSR count). The molecule has 1 heterocycles. The lowest BCUT2D eigenvalue weighted by Crippen LogP contribution is -2.25. The highest BCUT2D eigenvalue weighted by Crippen LogP contribution is 2.10. The van der Waals surface area contributed by atoms with Crippen LogP contribution >= 0.6 is 0 Å². The summed E-state index contributed by atoms with van der Waals surface area (Å²) in [5, 5.41) is 3.68. The number of hydrogen-bond donors (Lipinski definition) is 2. The fourth-order valence-electron chi connectivity index (χ4n) is 1.85. The molecular weight excluding hydrogens is 278 g/mol. The number of benzene rings is 1. The van der Waals surface area contributed by atoms with E-state index in [1.807, 2.05) is 24.3 Å². The van der Waals surface area contributed by atoms with Gasteiger partial charge in [0.1, 0.15) is 17.2 Å². The van der Waals surface area contributed by atoms with E-state index in [9.17, 15) is 8.42 Å². The molecule has 0 aliphatic heterocycles. The maximum absolute atomic E-state index is 12.0. The van der Waals surface area contributed by atoms with E-state index in [0.717, 1.165) is 11.1 Å². The smallest absolute Gasteiger partial charge is 0.217 e. The molecule has 2 aromatic rings. The van der Waals surface area contributed by atoms with Crippen molar-refractivity contribution in [1.29, 1.82) is 0 Å². The van der Waals surface area contributed by atoms with Gasteiger partial charge in [0.05, 0.1) is 0 Å². The number of aryl methyl sites for hydroxylation is 1. The van der Waals surface area contributed by atoms with Gasteiger partial charge in [-0.1, -0.05) is 29.4 Å². The van der Waals surface area contributed by atoms with Crippen LogP contribution in [0.25, 0.3) is 0 Å². The summed E-state index contributed by atoms with van der Waals surface area (Å²) >= 11 is 0. The highest BCUT2D eigenvalue weighted by molar-refractivity contribution is 7.88. The van der Waals surface area contributed by atoms with Crippen molar-refractivity contribution in [2.75, 3.05) is 0 Å². The number of nitrogens with one attached hydrogen (secondary N) is 1. The summed E-state index contributed by atoms with van der Waals surface area (Å²) in [4.78, 5) is 0. The van der Waals surface area contributed by atoms with Crippen LogP contribution in [0, 0.1) is 6.92 Å². The molecule has 0 fully saturated rings. The van der Waals surface area contributed by atoms with Crippen molar-refractivity contribution in [3.05, 3.63) is 52.9 Å². The van der Waals surface area contributed by atoms with Crippen LogP contribution < -0.4 is 10.5 Å². The maximum Gasteiger partial charge on any atom is 0.217 e. The second-order valence-corrected chi connectivity index (χ2v) is 6.29. The quantitative estimate of drug-likeness (QED) is 0.830. The Balaban J connectivity index is 2.02. The Hall–Kier alpha value is -1.70. The summed E-state index contributed by atoms with van der Waals surface area (Å²) in [7, 11) is -3.46. The zero-order valence-electron chi connectivity index (χ0n) is 11.2. The van der Waals surface area contributed by atoms with Crippen molar-refractivity contribution in [1.82, 2.24) is 9.88 Å². The summed E-state index contributed by atoms with van der Waals surface area (Å²) in [6.07, 6.45) is 0. The number of sulfonamides is 1. The first kappa shape index (κ1) is 14.7. The summed E-state index contributed by atoms with van der Waals surface area (Å²) < 4.78 is 31.3. The fraction of sp³-hybridized carbons (Fsp3) is 0.308. The Bertz CT molecular complexity index is 680. The molecule has 1 aromatic carbocycles. The number of aromatic nitrogens is 1. The molecular formula is C13H17N3O3S. The molecule has 108 valence electrons. The van der Waals surface area contributed by atoms with Gasteiger partial charge in [-0.05, 0) is 18.1 Å². The lowest BCUT2D eigenvalue weighted by Gasteiger charge is -2.09. The zero-order chi connectivity index (χ0) is 14.6. The van der Waals surface area contributed by atoms with Gasteiger partial charge in [-0.15, -0.1) is 0 Å². The van der Waals surface area contributed by atoms with E-state index in [0.29, 0.717) is 18.0 Å². The standard InChI is InChI=1S/C13H17N3O3S/c1-10-6-13(16-19-10)9-20(17,18)15-8-12-5-3-2-4-11(12)7-14/h2-6,15H,7-9,14H2,1H3. The number of nitrogens with zero attached hydrogens (tertiary/aromatic N) is 1. The van der Waals surface area contributed by atoms with Crippen molar-refractivity contribution in [2.24, 2.45) is 5.73 Å². The van der Waals surface area contributed by atoms with Crippen LogP contribution in [0.4, 0.5) is 0 Å². The first-order chi connectivity index (χ1) is 9.50. The van der Waals surface area contributed by atoms with Crippen LogP contribution in [0.3, 0.4) is 0 Å². The Labute approximate surface area is 118 Å². The lowest BCUT2D eigenvalue weighted by molar-refractivity contribution is 0.392.